The third kappa shape index (κ3) is 3.17. The minimum Gasteiger partial charge on any atom is -0.381 e. The first-order valence-corrected chi connectivity index (χ1v) is 6.36. The van der Waals surface area contributed by atoms with Crippen LogP contribution in [0.3, 0.4) is 0 Å². The molecule has 4 unspecified atom stereocenters. The summed E-state index contributed by atoms with van der Waals surface area (Å²) >= 11 is 0. The van der Waals surface area contributed by atoms with Crippen molar-refractivity contribution < 1.29 is 9.47 Å². The van der Waals surface area contributed by atoms with Crippen LogP contribution in [0.5, 0.6) is 0 Å². The second-order valence-corrected chi connectivity index (χ2v) is 5.26. The van der Waals surface area contributed by atoms with E-state index in [4.69, 9.17) is 15.2 Å². The van der Waals surface area contributed by atoms with Crippen molar-refractivity contribution in [3.63, 3.8) is 0 Å². The number of rotatable bonds is 2. The van der Waals surface area contributed by atoms with Gasteiger partial charge in [0.25, 0.3) is 0 Å². The molecule has 2 rings (SSSR count). The first-order chi connectivity index (χ1) is 7.65. The lowest BCUT2D eigenvalue weighted by Gasteiger charge is -2.39. The van der Waals surface area contributed by atoms with Crippen molar-refractivity contribution in [1.29, 1.82) is 0 Å². The van der Waals surface area contributed by atoms with Crippen LogP contribution in [0.15, 0.2) is 0 Å². The van der Waals surface area contributed by atoms with Crippen molar-refractivity contribution in [3.05, 3.63) is 0 Å². The largest absolute Gasteiger partial charge is 0.381 e. The summed E-state index contributed by atoms with van der Waals surface area (Å²) in [7, 11) is 0. The summed E-state index contributed by atoms with van der Waals surface area (Å²) in [4.78, 5) is 2.47. The Bertz CT molecular complexity index is 215. The van der Waals surface area contributed by atoms with Gasteiger partial charge < -0.3 is 15.2 Å². The summed E-state index contributed by atoms with van der Waals surface area (Å²) in [5.74, 6) is 0.492. The lowest BCUT2D eigenvalue weighted by atomic mass is 9.95. The number of nitrogens with zero attached hydrogens (tertiary/aromatic N) is 1. The number of hydrogen-bond donors (Lipinski definition) is 1. The molecule has 94 valence electrons. The van der Waals surface area contributed by atoms with Crippen molar-refractivity contribution in [2.24, 2.45) is 11.7 Å². The Morgan fingerprint density at radius 3 is 2.56 bits per heavy atom. The minimum absolute atomic E-state index is 0.308. The Morgan fingerprint density at radius 2 is 1.94 bits per heavy atom. The molecule has 2 saturated heterocycles. The molecule has 2 fully saturated rings. The molecule has 0 aliphatic carbocycles. The van der Waals surface area contributed by atoms with Crippen LogP contribution >= 0.6 is 0 Å². The molecule has 0 aromatic carbocycles. The smallest absolute Gasteiger partial charge is 0.0678 e. The Hall–Kier alpha value is -0.160. The topological polar surface area (TPSA) is 47.7 Å². The average molecular weight is 228 g/mol. The summed E-state index contributed by atoms with van der Waals surface area (Å²) in [6, 6.07) is 0.308. The highest BCUT2D eigenvalue weighted by atomic mass is 16.5. The van der Waals surface area contributed by atoms with E-state index in [1.165, 1.54) is 0 Å². The van der Waals surface area contributed by atoms with E-state index in [0.29, 0.717) is 24.2 Å². The molecule has 0 amide bonds. The van der Waals surface area contributed by atoms with Gasteiger partial charge in [0.2, 0.25) is 0 Å². The normalized spacial score (nSPS) is 42.2. The molecule has 2 aliphatic rings. The monoisotopic (exact) mass is 228 g/mol. The number of morpholine rings is 1. The lowest BCUT2D eigenvalue weighted by molar-refractivity contribution is -0.0786. The van der Waals surface area contributed by atoms with E-state index in [1.54, 1.807) is 0 Å². The molecular weight excluding hydrogens is 204 g/mol. The van der Waals surface area contributed by atoms with Crippen LogP contribution in [0.4, 0.5) is 0 Å². The van der Waals surface area contributed by atoms with Gasteiger partial charge in [-0.05, 0) is 20.3 Å². The quantitative estimate of drug-likeness (QED) is 0.746. The van der Waals surface area contributed by atoms with Gasteiger partial charge in [0.05, 0.1) is 18.8 Å². The van der Waals surface area contributed by atoms with Crippen molar-refractivity contribution >= 4 is 0 Å². The zero-order chi connectivity index (χ0) is 11.5. The van der Waals surface area contributed by atoms with Crippen LogP contribution in [0.2, 0.25) is 0 Å². The highest BCUT2D eigenvalue weighted by Crippen LogP contribution is 2.17. The van der Waals surface area contributed by atoms with Crippen LogP contribution in [0.1, 0.15) is 20.3 Å². The molecule has 4 nitrogen and oxygen atoms in total. The van der Waals surface area contributed by atoms with Gasteiger partial charge in [-0.15, -0.1) is 0 Å². The van der Waals surface area contributed by atoms with Gasteiger partial charge in [-0.1, -0.05) is 0 Å². The second kappa shape index (κ2) is 5.45. The molecule has 0 saturated carbocycles. The second-order valence-electron chi connectivity index (χ2n) is 5.26. The predicted molar refractivity (Wildman–Crippen MR) is 63.4 cm³/mol. The summed E-state index contributed by atoms with van der Waals surface area (Å²) in [6.45, 7) is 9.02. The fourth-order valence-corrected chi connectivity index (χ4v) is 2.77. The van der Waals surface area contributed by atoms with E-state index in [1.807, 2.05) is 0 Å². The molecule has 0 spiro atoms. The number of ether oxygens (including phenoxy) is 2. The molecule has 16 heavy (non-hydrogen) atoms. The lowest BCUT2D eigenvalue weighted by Crippen LogP contribution is -2.51. The van der Waals surface area contributed by atoms with Crippen LogP contribution in [-0.4, -0.2) is 56.0 Å². The van der Waals surface area contributed by atoms with E-state index in [9.17, 15) is 0 Å². The molecule has 2 aliphatic heterocycles. The Morgan fingerprint density at radius 1 is 1.25 bits per heavy atom. The molecule has 4 heteroatoms. The van der Waals surface area contributed by atoms with E-state index >= 15 is 0 Å². The number of nitrogens with two attached hydrogens (primary N) is 1. The maximum Gasteiger partial charge on any atom is 0.0678 e. The molecule has 2 heterocycles. The van der Waals surface area contributed by atoms with E-state index < -0.39 is 0 Å². The molecule has 0 aromatic heterocycles. The first kappa shape index (κ1) is 12.3. The molecule has 2 N–H and O–H groups in total. The minimum atomic E-state index is 0.308. The van der Waals surface area contributed by atoms with Gasteiger partial charge in [-0.2, -0.15) is 0 Å². The molecule has 0 bridgehead atoms. The Kier molecular flexibility index (Phi) is 4.19. The fraction of sp³-hybridized carbons (Fsp3) is 1.00. The molecule has 0 radical (unpaired) electrons. The molecular formula is C12H24N2O2. The summed E-state index contributed by atoms with van der Waals surface area (Å²) in [5.41, 5.74) is 6.13. The van der Waals surface area contributed by atoms with Gasteiger partial charge in [0, 0.05) is 38.2 Å². The van der Waals surface area contributed by atoms with E-state index in [0.717, 1.165) is 39.3 Å². The number of hydrogen-bond acceptors (Lipinski definition) is 4. The SMILES string of the molecule is CC1CN(CC2COCCC2N)CC(C)O1. The summed E-state index contributed by atoms with van der Waals surface area (Å²) in [5, 5.41) is 0. The maximum atomic E-state index is 6.13. The van der Waals surface area contributed by atoms with Gasteiger partial charge in [0.15, 0.2) is 0 Å². The van der Waals surface area contributed by atoms with Crippen LogP contribution in [0, 0.1) is 5.92 Å². The summed E-state index contributed by atoms with van der Waals surface area (Å²) < 4.78 is 11.2. The Labute approximate surface area is 98.1 Å². The zero-order valence-electron chi connectivity index (χ0n) is 10.4. The van der Waals surface area contributed by atoms with Gasteiger partial charge in [-0.25, -0.2) is 0 Å². The maximum absolute atomic E-state index is 6.13. The van der Waals surface area contributed by atoms with Crippen LogP contribution < -0.4 is 5.73 Å². The van der Waals surface area contributed by atoms with Crippen molar-refractivity contribution in [3.8, 4) is 0 Å². The zero-order valence-corrected chi connectivity index (χ0v) is 10.4. The fourth-order valence-electron chi connectivity index (χ4n) is 2.77. The van der Waals surface area contributed by atoms with Gasteiger partial charge in [0.1, 0.15) is 0 Å². The van der Waals surface area contributed by atoms with Gasteiger partial charge in [-0.3, -0.25) is 4.90 Å². The predicted octanol–water partition coefficient (Wildman–Crippen LogP) is 0.459. The van der Waals surface area contributed by atoms with Crippen LogP contribution in [-0.2, 0) is 9.47 Å². The molecule has 0 aromatic rings. The summed E-state index contributed by atoms with van der Waals surface area (Å²) in [6.07, 6.45) is 1.68. The third-order valence-corrected chi connectivity index (χ3v) is 3.52. The van der Waals surface area contributed by atoms with Crippen molar-refractivity contribution in [1.82, 2.24) is 4.90 Å². The van der Waals surface area contributed by atoms with Gasteiger partial charge >= 0.3 is 0 Å². The highest BCUT2D eigenvalue weighted by molar-refractivity contribution is 4.82. The van der Waals surface area contributed by atoms with Crippen molar-refractivity contribution in [2.75, 3.05) is 32.8 Å². The average Bonchev–Trinajstić information content (AvgIpc) is 2.20. The van der Waals surface area contributed by atoms with Crippen molar-refractivity contribution in [2.45, 2.75) is 38.5 Å². The molecule has 4 atom stereocenters. The highest BCUT2D eigenvalue weighted by Gasteiger charge is 2.28. The first-order valence-electron chi connectivity index (χ1n) is 6.36. The van der Waals surface area contributed by atoms with E-state index in [-0.39, 0.29) is 0 Å². The van der Waals surface area contributed by atoms with E-state index in [2.05, 4.69) is 18.7 Å². The Balaban J connectivity index is 1.83. The van der Waals surface area contributed by atoms with Crippen LogP contribution in [0.25, 0.3) is 0 Å². The third-order valence-electron chi connectivity index (χ3n) is 3.52. The standard InChI is InChI=1S/C12H24N2O2/c1-9-5-14(6-10(2)16-9)7-11-8-15-4-3-12(11)13/h9-12H,3-8,13H2,1-2H3.